The maximum absolute atomic E-state index is 12.3. The zero-order valence-corrected chi connectivity index (χ0v) is 39.3. The Hall–Kier alpha value is -3.50. The SMILES string of the molecule is C.C.C.CC#N.CO.Cl.FC(F)(F)c1nnc(CCl)o1.FC(F)(F)c1nnc2n1CCNC2.NCCN.NN.O=C(CCl)NNC(=O)C(F)(F)F.O=C(NNC1=NCCNC1)C(F)(F)F.O=P(Cl)(Cl)Cl. The molecule has 2 aromatic rings. The van der Waals surface area contributed by atoms with Crippen LogP contribution < -0.4 is 55.5 Å². The van der Waals surface area contributed by atoms with Crippen molar-refractivity contribution < 1.29 is 81.2 Å². The summed E-state index contributed by atoms with van der Waals surface area (Å²) in [7, 11) is 1.00. The number of nitrogens with zero attached hydrogens (tertiary/aromatic N) is 7. The number of alkyl halides is 14. The van der Waals surface area contributed by atoms with E-state index in [2.05, 4.69) is 91.3 Å². The van der Waals surface area contributed by atoms with Gasteiger partial charge in [0.25, 0.3) is 5.91 Å². The molecule has 0 fully saturated rings. The maximum Gasteiger partial charge on any atom is 0.472 e. The number of aromatic nitrogens is 5. The normalized spacial score (nSPS) is 11.9. The molecule has 23 nitrogen and oxygen atoms in total. The first-order chi connectivity index (χ1) is 30.3. The van der Waals surface area contributed by atoms with Crippen LogP contribution in [0.2, 0.25) is 0 Å². The van der Waals surface area contributed by atoms with Gasteiger partial charge in [-0.3, -0.25) is 57.3 Å². The Morgan fingerprint density at radius 2 is 1.24 bits per heavy atom. The summed E-state index contributed by atoms with van der Waals surface area (Å²) >= 11 is 23.9. The van der Waals surface area contributed by atoms with Gasteiger partial charge in [-0.2, -0.15) is 57.9 Å². The van der Waals surface area contributed by atoms with E-state index in [1.165, 1.54) is 17.8 Å². The Labute approximate surface area is 423 Å². The standard InChI is InChI=1S/C6H9F3N4O.C6H7F3N4.C4H4ClF3N2O2.C4H2ClF3N2O.C2H8N2.C2H3N.CH4O.3CH4.Cl3OP.ClH.H4N2/c7-6(8,9)5(14)13-12-4-3-10-1-2-11-4;7-6(8,9)5-12-11-4-3-10-1-2-13(4)5;5-1-2(11)9-10-3(12)4(6,7)8;5-1-2-9-10-3(11-2)4(6,7)8;3-1-2-4;1-2-3;1-2;;;;1-5(2,3)4;;1-2/h10H,1-3H2,(H,11,12)(H,13,14);10H,1-3H2;1H2,(H,9,11)(H,10,12);1H2;1-4H2;1H3;2H,1H3;3*1H4;;1H;1-2H2. The topological polar surface area (TPSA) is 371 Å². The molecular weight excluding hydrogens is 1140 g/mol. The maximum atomic E-state index is 12.3. The average Bonchev–Trinajstić information content (AvgIpc) is 3.92. The fourth-order valence-electron chi connectivity index (χ4n) is 2.77. The lowest BCUT2D eigenvalue weighted by molar-refractivity contribution is -0.175. The summed E-state index contributed by atoms with van der Waals surface area (Å²) in [6, 6.07) is 1.75. The summed E-state index contributed by atoms with van der Waals surface area (Å²) in [5.41, 5.74) is 16.0. The molecule has 15 N–H and O–H groups in total. The molecule has 0 bridgehead atoms. The second-order valence-electron chi connectivity index (χ2n) is 9.81. The number of aliphatic hydroxyl groups excluding tert-OH is 1. The summed E-state index contributed by atoms with van der Waals surface area (Å²) in [6.07, 6.45) is -18.9. The first-order valence-electron chi connectivity index (χ1n) is 16.3. The minimum Gasteiger partial charge on any atom is -0.416 e. The molecule has 4 rings (SSSR count). The summed E-state index contributed by atoms with van der Waals surface area (Å²) in [5, 5.41) is 29.2. The minimum atomic E-state index is -5.01. The van der Waals surface area contributed by atoms with Gasteiger partial charge in [0.15, 0.2) is 0 Å². The molecule has 4 heterocycles. The Morgan fingerprint density at radius 1 is 0.800 bits per heavy atom. The fraction of sp³-hybridized carbons (Fsp3) is 0.679. The van der Waals surface area contributed by atoms with Crippen molar-refractivity contribution >= 4 is 98.1 Å². The van der Waals surface area contributed by atoms with Crippen LogP contribution in [0.5, 0.6) is 0 Å². The van der Waals surface area contributed by atoms with E-state index in [4.69, 9.17) is 45.0 Å². The van der Waals surface area contributed by atoms with Gasteiger partial charge in [0.2, 0.25) is 11.7 Å². The molecule has 418 valence electrons. The van der Waals surface area contributed by atoms with E-state index in [0.29, 0.717) is 51.6 Å². The van der Waals surface area contributed by atoms with Crippen molar-refractivity contribution in [1.29, 1.82) is 5.26 Å². The highest BCUT2D eigenvalue weighted by molar-refractivity contribution is 8.24. The van der Waals surface area contributed by atoms with Crippen molar-refractivity contribution in [1.82, 2.24) is 57.3 Å². The number of rotatable bonds is 3. The molecule has 0 saturated heterocycles. The van der Waals surface area contributed by atoms with E-state index in [-0.39, 0.29) is 58.8 Å². The third-order valence-corrected chi connectivity index (χ3v) is 5.49. The molecule has 0 aromatic carbocycles. The Balaban J connectivity index is -0.0000000905. The van der Waals surface area contributed by atoms with Gasteiger partial charge in [-0.1, -0.05) is 22.3 Å². The van der Waals surface area contributed by atoms with Crippen LogP contribution in [0.1, 0.15) is 52.6 Å². The van der Waals surface area contributed by atoms with Crippen LogP contribution in [0.15, 0.2) is 9.41 Å². The number of amidine groups is 1. The van der Waals surface area contributed by atoms with Crippen molar-refractivity contribution in [3.8, 4) is 6.07 Å². The Kier molecular flexibility index (Phi) is 57.4. The number of carbonyl (C=O) groups excluding carboxylic acids is 3. The first kappa shape index (κ1) is 86.3. The van der Waals surface area contributed by atoms with E-state index in [1.54, 1.807) is 6.07 Å². The number of hydrogen-bond acceptors (Lipinski definition) is 19. The lowest BCUT2D eigenvalue weighted by Gasteiger charge is -2.16. The van der Waals surface area contributed by atoms with Crippen LogP contribution in [0.3, 0.4) is 0 Å². The number of hydrazine groups is 3. The molecule has 0 atom stereocenters. The zero-order chi connectivity index (χ0) is 53.0. The number of hydrogen-bond donors (Lipinski definition) is 11. The van der Waals surface area contributed by atoms with Gasteiger partial charge < -0.3 is 36.2 Å². The van der Waals surface area contributed by atoms with Gasteiger partial charge in [0.1, 0.15) is 23.4 Å². The summed E-state index contributed by atoms with van der Waals surface area (Å²) in [5.74, 6) is 0.172. The van der Waals surface area contributed by atoms with Gasteiger partial charge >= 0.3 is 47.6 Å². The van der Waals surface area contributed by atoms with Crippen LogP contribution in [-0.4, -0.2) is 118 Å². The predicted octanol–water partition coefficient (Wildman–Crippen LogP) is 4.34. The highest BCUT2D eigenvalue weighted by Gasteiger charge is 2.41. The molecule has 0 saturated carbocycles. The molecular formula is C28H54Cl6F12N17O6P. The van der Waals surface area contributed by atoms with Crippen molar-refractivity contribution in [3.05, 3.63) is 23.4 Å². The summed E-state index contributed by atoms with van der Waals surface area (Å²) in [4.78, 5) is 34.4. The minimum absolute atomic E-state index is 0. The molecule has 42 heteroatoms. The van der Waals surface area contributed by atoms with Gasteiger partial charge in [-0.05, 0) is 33.7 Å². The molecule has 2 aliphatic heterocycles. The van der Waals surface area contributed by atoms with Crippen molar-refractivity contribution in [3.63, 3.8) is 0 Å². The van der Waals surface area contributed by atoms with Crippen LogP contribution in [-0.2, 0) is 50.3 Å². The van der Waals surface area contributed by atoms with E-state index in [1.807, 2.05) is 0 Å². The third kappa shape index (κ3) is 49.5. The number of fused-ring (bicyclic) bond motifs is 1. The van der Waals surface area contributed by atoms with Crippen LogP contribution >= 0.6 is 74.5 Å². The summed E-state index contributed by atoms with van der Waals surface area (Å²) < 4.78 is 156. The summed E-state index contributed by atoms with van der Waals surface area (Å²) in [6.45, 7) is 5.25. The van der Waals surface area contributed by atoms with Gasteiger partial charge in [0.05, 0.1) is 25.7 Å². The number of carbonyl (C=O) groups is 3. The third-order valence-electron chi connectivity index (χ3n) is 5.02. The molecule has 0 spiro atoms. The van der Waals surface area contributed by atoms with Gasteiger partial charge in [0, 0.05) is 46.8 Å². The lowest BCUT2D eigenvalue weighted by atomic mass is 10.4. The van der Waals surface area contributed by atoms with Crippen LogP contribution in [0.4, 0.5) is 52.7 Å². The lowest BCUT2D eigenvalue weighted by Crippen LogP contribution is -2.51. The number of nitriles is 1. The molecule has 2 aromatic heterocycles. The second-order valence-corrected chi connectivity index (χ2v) is 17.0. The highest BCUT2D eigenvalue weighted by atomic mass is 36.0. The molecule has 3 amide bonds. The van der Waals surface area contributed by atoms with Gasteiger partial charge in [-0.25, -0.2) is 0 Å². The average molecular weight is 1200 g/mol. The number of amides is 3. The van der Waals surface area contributed by atoms with Crippen LogP contribution in [0.25, 0.3) is 0 Å². The van der Waals surface area contributed by atoms with E-state index in [9.17, 15) is 71.6 Å². The van der Waals surface area contributed by atoms with Crippen molar-refractivity contribution in [2.24, 2.45) is 28.1 Å². The molecule has 0 unspecified atom stereocenters. The van der Waals surface area contributed by atoms with Crippen molar-refractivity contribution in [2.45, 2.75) is 72.9 Å². The van der Waals surface area contributed by atoms with Crippen LogP contribution in [0, 0.1) is 11.3 Å². The van der Waals surface area contributed by atoms with E-state index >= 15 is 0 Å². The Bertz CT molecular complexity index is 1750. The highest BCUT2D eigenvalue weighted by Crippen LogP contribution is 2.61. The number of nitrogens with one attached hydrogen (secondary N) is 6. The zero-order valence-electron chi connectivity index (χ0n) is 33.8. The quantitative estimate of drug-likeness (QED) is 0.0669. The van der Waals surface area contributed by atoms with E-state index < -0.39 is 65.2 Å². The van der Waals surface area contributed by atoms with Crippen molar-refractivity contribution in [2.75, 3.05) is 52.3 Å². The number of nitrogens with two attached hydrogens (primary N) is 4. The second kappa shape index (κ2) is 46.6. The number of aliphatic imine (C=N–C) groups is 1. The Morgan fingerprint density at radius 3 is 1.57 bits per heavy atom. The molecule has 2 aliphatic rings. The number of aliphatic hydroxyl groups is 1. The largest absolute Gasteiger partial charge is 0.472 e. The number of halogens is 18. The first-order valence-corrected chi connectivity index (χ1v) is 21.8. The van der Waals surface area contributed by atoms with E-state index in [0.717, 1.165) is 17.1 Å². The molecule has 0 aliphatic carbocycles. The molecule has 0 radical (unpaired) electrons. The van der Waals surface area contributed by atoms with Gasteiger partial charge in [-0.15, -0.1) is 56.0 Å². The molecule has 70 heavy (non-hydrogen) atoms. The predicted molar refractivity (Wildman–Crippen MR) is 240 cm³/mol. The fourth-order valence-corrected chi connectivity index (χ4v) is 2.95. The monoisotopic (exact) mass is 1190 g/mol. The smallest absolute Gasteiger partial charge is 0.416 e.